The second-order valence-corrected chi connectivity index (χ2v) is 6.78. The van der Waals surface area contributed by atoms with E-state index in [0.717, 1.165) is 19.5 Å². The Labute approximate surface area is 137 Å². The zero-order chi connectivity index (χ0) is 16.2. The van der Waals surface area contributed by atoms with Gasteiger partial charge in [-0.3, -0.25) is 4.90 Å². The third-order valence-corrected chi connectivity index (χ3v) is 5.00. The van der Waals surface area contributed by atoms with Crippen molar-refractivity contribution in [3.8, 4) is 0 Å². The highest BCUT2D eigenvalue weighted by Crippen LogP contribution is 2.27. The molecule has 3 N–H and O–H groups in total. The highest BCUT2D eigenvalue weighted by molar-refractivity contribution is 5.74. The molecular formula is C17H27N3O3. The van der Waals surface area contributed by atoms with Gasteiger partial charge in [0.25, 0.3) is 0 Å². The van der Waals surface area contributed by atoms with Crippen LogP contribution in [0.3, 0.4) is 0 Å². The van der Waals surface area contributed by atoms with E-state index in [-0.39, 0.29) is 18.1 Å². The summed E-state index contributed by atoms with van der Waals surface area (Å²) in [5, 5.41) is 16.1. The number of carbonyl (C=O) groups is 1. The molecule has 23 heavy (non-hydrogen) atoms. The summed E-state index contributed by atoms with van der Waals surface area (Å²) < 4.78 is 5.18. The molecule has 2 saturated heterocycles. The summed E-state index contributed by atoms with van der Waals surface area (Å²) in [6, 6.07) is 3.98. The Morgan fingerprint density at radius 3 is 3.09 bits per heavy atom. The van der Waals surface area contributed by atoms with Gasteiger partial charge in [-0.05, 0) is 44.9 Å². The number of hydrogen-bond acceptors (Lipinski definition) is 4. The third kappa shape index (κ3) is 4.06. The van der Waals surface area contributed by atoms with E-state index < -0.39 is 6.10 Å². The van der Waals surface area contributed by atoms with Crippen LogP contribution in [0.25, 0.3) is 0 Å². The predicted molar refractivity (Wildman–Crippen MR) is 87.0 cm³/mol. The van der Waals surface area contributed by atoms with E-state index in [1.807, 2.05) is 6.92 Å². The van der Waals surface area contributed by atoms with Gasteiger partial charge in [-0.25, -0.2) is 4.79 Å². The summed E-state index contributed by atoms with van der Waals surface area (Å²) in [5.41, 5.74) is 0. The lowest BCUT2D eigenvalue weighted by Crippen LogP contribution is -2.51. The number of amides is 2. The molecule has 128 valence electrons. The van der Waals surface area contributed by atoms with E-state index in [1.54, 1.807) is 18.4 Å². The van der Waals surface area contributed by atoms with Crippen LogP contribution in [-0.2, 0) is 0 Å². The highest BCUT2D eigenvalue weighted by Gasteiger charge is 2.36. The molecule has 3 rings (SSSR count). The smallest absolute Gasteiger partial charge is 0.315 e. The molecule has 0 saturated carbocycles. The maximum absolute atomic E-state index is 12.2. The second-order valence-electron chi connectivity index (χ2n) is 6.78. The fourth-order valence-corrected chi connectivity index (χ4v) is 3.84. The number of piperidine rings is 1. The molecule has 6 nitrogen and oxygen atoms in total. The minimum absolute atomic E-state index is 0.126. The van der Waals surface area contributed by atoms with Crippen LogP contribution in [-0.4, -0.2) is 47.3 Å². The Morgan fingerprint density at radius 2 is 2.30 bits per heavy atom. The van der Waals surface area contributed by atoms with Gasteiger partial charge in [0.15, 0.2) is 0 Å². The van der Waals surface area contributed by atoms with Gasteiger partial charge in [-0.15, -0.1) is 0 Å². The molecule has 3 heterocycles. The third-order valence-electron chi connectivity index (χ3n) is 5.00. The number of aliphatic hydroxyl groups is 1. The average molecular weight is 321 g/mol. The molecule has 1 aromatic rings. The SMILES string of the molecule is CC(CC(O)c1ccco1)NC(=O)NC1CCN2CCCCC12. The fourth-order valence-electron chi connectivity index (χ4n) is 3.84. The maximum atomic E-state index is 12.2. The van der Waals surface area contributed by atoms with Crippen LogP contribution in [0.4, 0.5) is 4.79 Å². The van der Waals surface area contributed by atoms with Crippen molar-refractivity contribution in [2.45, 2.75) is 63.3 Å². The number of fused-ring (bicyclic) bond motifs is 1. The molecule has 1 aromatic heterocycles. The Bertz CT molecular complexity index is 505. The molecule has 0 radical (unpaired) electrons. The summed E-state index contributed by atoms with van der Waals surface area (Å²) in [4.78, 5) is 14.7. The number of aliphatic hydroxyl groups excluding tert-OH is 1. The van der Waals surface area contributed by atoms with Crippen molar-refractivity contribution < 1.29 is 14.3 Å². The molecule has 6 heteroatoms. The summed E-state index contributed by atoms with van der Waals surface area (Å²) >= 11 is 0. The monoisotopic (exact) mass is 321 g/mol. The zero-order valence-electron chi connectivity index (χ0n) is 13.7. The molecule has 0 aliphatic carbocycles. The van der Waals surface area contributed by atoms with Crippen LogP contribution in [0.2, 0.25) is 0 Å². The molecule has 2 amide bonds. The number of furan rings is 1. The van der Waals surface area contributed by atoms with Gasteiger partial charge in [0.05, 0.1) is 6.26 Å². The first-order chi connectivity index (χ1) is 11.1. The van der Waals surface area contributed by atoms with Gasteiger partial charge in [0.1, 0.15) is 11.9 Å². The molecule has 4 atom stereocenters. The van der Waals surface area contributed by atoms with Crippen molar-refractivity contribution in [1.29, 1.82) is 0 Å². The molecule has 4 unspecified atom stereocenters. The van der Waals surface area contributed by atoms with Crippen molar-refractivity contribution in [2.24, 2.45) is 0 Å². The Kier molecular flexibility index (Phi) is 5.23. The molecule has 0 spiro atoms. The lowest BCUT2D eigenvalue weighted by molar-refractivity contribution is 0.129. The van der Waals surface area contributed by atoms with Gasteiger partial charge in [0.2, 0.25) is 0 Å². The highest BCUT2D eigenvalue weighted by atomic mass is 16.4. The van der Waals surface area contributed by atoms with Crippen LogP contribution in [0.15, 0.2) is 22.8 Å². The van der Waals surface area contributed by atoms with Crippen molar-refractivity contribution in [2.75, 3.05) is 13.1 Å². The van der Waals surface area contributed by atoms with Crippen molar-refractivity contribution in [1.82, 2.24) is 15.5 Å². The fraction of sp³-hybridized carbons (Fsp3) is 0.706. The lowest BCUT2D eigenvalue weighted by atomic mass is 9.99. The molecule has 2 aliphatic rings. The molecular weight excluding hydrogens is 294 g/mol. The number of urea groups is 1. The van der Waals surface area contributed by atoms with E-state index in [0.29, 0.717) is 18.2 Å². The Balaban J connectivity index is 1.43. The van der Waals surface area contributed by atoms with E-state index in [9.17, 15) is 9.90 Å². The summed E-state index contributed by atoms with van der Waals surface area (Å²) in [5.74, 6) is 0.535. The number of carbonyl (C=O) groups excluding carboxylic acids is 1. The first-order valence-corrected chi connectivity index (χ1v) is 8.66. The molecule has 0 bridgehead atoms. The summed E-state index contributed by atoms with van der Waals surface area (Å²) in [7, 11) is 0. The average Bonchev–Trinajstić information content (AvgIpc) is 3.17. The second kappa shape index (κ2) is 7.36. The van der Waals surface area contributed by atoms with E-state index in [1.165, 1.54) is 19.3 Å². The van der Waals surface area contributed by atoms with Crippen molar-refractivity contribution >= 4 is 6.03 Å². The Hall–Kier alpha value is -1.53. The minimum atomic E-state index is -0.694. The summed E-state index contributed by atoms with van der Waals surface area (Å²) in [6.07, 6.45) is 6.02. The van der Waals surface area contributed by atoms with Gasteiger partial charge in [0, 0.05) is 31.1 Å². The number of rotatable bonds is 5. The van der Waals surface area contributed by atoms with Crippen molar-refractivity contribution in [3.05, 3.63) is 24.2 Å². The normalized spacial score (nSPS) is 27.2. The number of nitrogens with zero attached hydrogens (tertiary/aromatic N) is 1. The molecule has 2 fully saturated rings. The van der Waals surface area contributed by atoms with Crippen molar-refractivity contribution in [3.63, 3.8) is 0 Å². The number of nitrogens with one attached hydrogen (secondary N) is 2. The van der Waals surface area contributed by atoms with Gasteiger partial charge in [-0.1, -0.05) is 6.42 Å². The maximum Gasteiger partial charge on any atom is 0.315 e. The van der Waals surface area contributed by atoms with Crippen LogP contribution >= 0.6 is 0 Å². The van der Waals surface area contributed by atoms with Crippen LogP contribution < -0.4 is 10.6 Å². The predicted octanol–water partition coefficient (Wildman–Crippen LogP) is 2.02. The zero-order valence-corrected chi connectivity index (χ0v) is 13.7. The van der Waals surface area contributed by atoms with E-state index in [2.05, 4.69) is 15.5 Å². The quantitative estimate of drug-likeness (QED) is 0.775. The van der Waals surface area contributed by atoms with E-state index >= 15 is 0 Å². The minimum Gasteiger partial charge on any atom is -0.467 e. The van der Waals surface area contributed by atoms with Crippen LogP contribution in [0.1, 0.15) is 50.9 Å². The summed E-state index contributed by atoms with van der Waals surface area (Å²) in [6.45, 7) is 4.14. The van der Waals surface area contributed by atoms with Gasteiger partial charge in [-0.2, -0.15) is 0 Å². The van der Waals surface area contributed by atoms with Crippen LogP contribution in [0, 0.1) is 0 Å². The van der Waals surface area contributed by atoms with Gasteiger partial charge >= 0.3 is 6.03 Å². The standard InChI is InChI=1S/C17H27N3O3/c1-12(11-15(21)16-6-4-10-23-16)18-17(22)19-13-7-9-20-8-3-2-5-14(13)20/h4,6,10,12-15,21H,2-3,5,7-9,11H2,1H3,(H2,18,19,22). The van der Waals surface area contributed by atoms with Crippen LogP contribution in [0.5, 0.6) is 0 Å². The largest absolute Gasteiger partial charge is 0.467 e. The molecule has 2 aliphatic heterocycles. The van der Waals surface area contributed by atoms with E-state index in [4.69, 9.17) is 4.42 Å². The molecule has 0 aromatic carbocycles. The lowest BCUT2D eigenvalue weighted by Gasteiger charge is -2.32. The Morgan fingerprint density at radius 1 is 1.43 bits per heavy atom. The first kappa shape index (κ1) is 16.3. The van der Waals surface area contributed by atoms with Gasteiger partial charge < -0.3 is 20.2 Å². The number of hydrogen-bond donors (Lipinski definition) is 3. The topological polar surface area (TPSA) is 77.7 Å². The first-order valence-electron chi connectivity index (χ1n) is 8.66.